The van der Waals surface area contributed by atoms with Crippen LogP contribution in [-0.4, -0.2) is 10.2 Å². The molecule has 0 radical (unpaired) electrons. The Morgan fingerprint density at radius 2 is 1.16 bits per heavy atom. The summed E-state index contributed by atoms with van der Waals surface area (Å²) in [6, 6.07) is 20.8. The summed E-state index contributed by atoms with van der Waals surface area (Å²) in [5, 5.41) is 19.5. The average molecular weight is 358 g/mol. The fourth-order valence-electron chi connectivity index (χ4n) is 1.98. The van der Waals surface area contributed by atoms with Crippen LogP contribution in [0.4, 0.5) is 0 Å². The first-order chi connectivity index (χ1) is 12.1. The van der Waals surface area contributed by atoms with Gasteiger partial charge >= 0.3 is 7.82 Å². The Hall–Kier alpha value is -3.11. The zero-order chi connectivity index (χ0) is 17.7. The Morgan fingerprint density at radius 1 is 0.640 bits per heavy atom. The van der Waals surface area contributed by atoms with Crippen LogP contribution in [0.15, 0.2) is 78.9 Å². The number of phenols is 2. The number of hydrogen-bond acceptors (Lipinski definition) is 6. The Kier molecular flexibility index (Phi) is 4.82. The summed E-state index contributed by atoms with van der Waals surface area (Å²) >= 11 is 0. The molecule has 0 aliphatic rings. The Bertz CT molecular complexity index is 837. The van der Waals surface area contributed by atoms with Crippen molar-refractivity contribution in [3.8, 4) is 28.7 Å². The van der Waals surface area contributed by atoms with Crippen molar-refractivity contribution in [2.75, 3.05) is 0 Å². The van der Waals surface area contributed by atoms with Crippen molar-refractivity contribution in [2.24, 2.45) is 0 Å². The summed E-state index contributed by atoms with van der Waals surface area (Å²) in [5.41, 5.74) is 0. The van der Waals surface area contributed by atoms with E-state index in [9.17, 15) is 14.8 Å². The van der Waals surface area contributed by atoms with Gasteiger partial charge < -0.3 is 23.8 Å². The first kappa shape index (κ1) is 16.7. The molecule has 0 saturated heterocycles. The second kappa shape index (κ2) is 7.20. The van der Waals surface area contributed by atoms with Crippen molar-refractivity contribution in [2.45, 2.75) is 0 Å². The summed E-state index contributed by atoms with van der Waals surface area (Å²) in [4.78, 5) is 0. The van der Waals surface area contributed by atoms with Crippen LogP contribution in [0.5, 0.6) is 28.7 Å². The van der Waals surface area contributed by atoms with Gasteiger partial charge in [0.25, 0.3) is 0 Å². The van der Waals surface area contributed by atoms with Crippen molar-refractivity contribution < 1.29 is 28.3 Å². The second-order valence-corrected chi connectivity index (χ2v) is 6.41. The van der Waals surface area contributed by atoms with Gasteiger partial charge in [0.2, 0.25) is 5.75 Å². The topological polar surface area (TPSA) is 85.2 Å². The van der Waals surface area contributed by atoms with Crippen LogP contribution in [0, 0.1) is 0 Å². The van der Waals surface area contributed by atoms with Crippen LogP contribution < -0.4 is 13.6 Å². The smallest absolute Gasteiger partial charge is 0.504 e. The molecule has 0 aliphatic carbocycles. The monoisotopic (exact) mass is 358 g/mol. The van der Waals surface area contributed by atoms with Crippen molar-refractivity contribution in [3.63, 3.8) is 0 Å². The van der Waals surface area contributed by atoms with E-state index in [0.717, 1.165) is 0 Å². The molecule has 3 rings (SSSR count). The lowest BCUT2D eigenvalue weighted by atomic mass is 10.3. The van der Waals surface area contributed by atoms with Crippen molar-refractivity contribution in [1.82, 2.24) is 0 Å². The lowest BCUT2D eigenvalue weighted by molar-refractivity contribution is 0.290. The molecule has 3 aromatic rings. The Morgan fingerprint density at radius 3 is 1.68 bits per heavy atom. The summed E-state index contributed by atoms with van der Waals surface area (Å²) in [7, 11) is -4.20. The molecule has 128 valence electrons. The average Bonchev–Trinajstić information content (AvgIpc) is 2.60. The lowest BCUT2D eigenvalue weighted by Crippen LogP contribution is -2.07. The first-order valence-corrected chi connectivity index (χ1v) is 8.82. The van der Waals surface area contributed by atoms with Crippen LogP contribution >= 0.6 is 7.82 Å². The van der Waals surface area contributed by atoms with Gasteiger partial charge in [0.05, 0.1) is 0 Å². The molecule has 2 N–H and O–H groups in total. The van der Waals surface area contributed by atoms with E-state index in [0.29, 0.717) is 0 Å². The molecule has 0 saturated carbocycles. The van der Waals surface area contributed by atoms with E-state index in [4.69, 9.17) is 13.6 Å². The SMILES string of the molecule is O=P(Oc1ccccc1)(Oc1ccccc1)Oc1cccc(O)c1O. The summed E-state index contributed by atoms with van der Waals surface area (Å²) in [6.07, 6.45) is 0. The predicted octanol–water partition coefficient (Wildman–Crippen LogP) is 4.74. The highest BCUT2D eigenvalue weighted by molar-refractivity contribution is 7.49. The summed E-state index contributed by atoms with van der Waals surface area (Å²) < 4.78 is 29.3. The fraction of sp³-hybridized carbons (Fsp3) is 0. The molecule has 3 aromatic carbocycles. The number of para-hydroxylation sites is 3. The molecule has 7 heteroatoms. The number of phosphoric ester groups is 1. The lowest BCUT2D eigenvalue weighted by Gasteiger charge is -2.19. The first-order valence-electron chi connectivity index (χ1n) is 7.36. The maximum atomic E-state index is 13.1. The van der Waals surface area contributed by atoms with Crippen LogP contribution in [0.25, 0.3) is 0 Å². The largest absolute Gasteiger partial charge is 0.647 e. The normalized spacial score (nSPS) is 10.9. The quantitative estimate of drug-likeness (QED) is 0.489. The van der Waals surface area contributed by atoms with Crippen molar-refractivity contribution >= 4 is 7.82 Å². The van der Waals surface area contributed by atoms with Crippen LogP contribution in [0.1, 0.15) is 0 Å². The van der Waals surface area contributed by atoms with E-state index >= 15 is 0 Å². The minimum Gasteiger partial charge on any atom is -0.504 e. The summed E-state index contributed by atoms with van der Waals surface area (Å²) in [5.74, 6) is -0.669. The van der Waals surface area contributed by atoms with Gasteiger partial charge in [0.1, 0.15) is 11.5 Å². The van der Waals surface area contributed by atoms with Crippen LogP contribution in [0.2, 0.25) is 0 Å². The number of phosphoric acid groups is 1. The number of hydrogen-bond donors (Lipinski definition) is 2. The molecule has 0 unspecified atom stereocenters. The summed E-state index contributed by atoms with van der Waals surface area (Å²) in [6.45, 7) is 0. The van der Waals surface area contributed by atoms with E-state index in [1.807, 2.05) is 0 Å². The predicted molar refractivity (Wildman–Crippen MR) is 92.1 cm³/mol. The zero-order valence-corrected chi connectivity index (χ0v) is 13.9. The van der Waals surface area contributed by atoms with Crippen LogP contribution in [-0.2, 0) is 4.57 Å². The van der Waals surface area contributed by atoms with Gasteiger partial charge in [-0.2, -0.15) is 4.57 Å². The van der Waals surface area contributed by atoms with E-state index in [1.165, 1.54) is 18.2 Å². The molecule has 0 spiro atoms. The highest BCUT2D eigenvalue weighted by Gasteiger charge is 2.34. The van der Waals surface area contributed by atoms with Crippen molar-refractivity contribution in [3.05, 3.63) is 78.9 Å². The van der Waals surface area contributed by atoms with E-state index in [1.54, 1.807) is 60.7 Å². The zero-order valence-electron chi connectivity index (χ0n) is 13.0. The van der Waals surface area contributed by atoms with Gasteiger partial charge in [-0.05, 0) is 36.4 Å². The Balaban J connectivity index is 1.93. The van der Waals surface area contributed by atoms with Crippen LogP contribution in [0.3, 0.4) is 0 Å². The standard InChI is InChI=1S/C18H15O6P/c19-16-12-7-13-17(18(16)20)24-25(21,22-14-8-3-1-4-9-14)23-15-10-5-2-6-11-15/h1-13,19-20H. The third-order valence-corrected chi connectivity index (χ3v) is 4.40. The van der Waals surface area contributed by atoms with Gasteiger partial charge in [-0.3, -0.25) is 0 Å². The van der Waals surface area contributed by atoms with Gasteiger partial charge in [-0.15, -0.1) is 0 Å². The number of benzene rings is 3. The molecule has 25 heavy (non-hydrogen) atoms. The Labute approximate surface area is 144 Å². The maximum absolute atomic E-state index is 13.1. The van der Waals surface area contributed by atoms with Gasteiger partial charge in [-0.1, -0.05) is 42.5 Å². The third-order valence-electron chi connectivity index (χ3n) is 3.11. The molecular weight excluding hydrogens is 343 g/mol. The molecule has 0 heterocycles. The van der Waals surface area contributed by atoms with Gasteiger partial charge in [-0.25, -0.2) is 0 Å². The highest BCUT2D eigenvalue weighted by atomic mass is 31.2. The molecule has 0 atom stereocenters. The minimum atomic E-state index is -4.20. The molecule has 0 fully saturated rings. The third kappa shape index (κ3) is 4.25. The van der Waals surface area contributed by atoms with E-state index in [-0.39, 0.29) is 17.2 Å². The minimum absolute atomic E-state index is 0.227. The maximum Gasteiger partial charge on any atom is 0.647 e. The fourth-order valence-corrected chi connectivity index (χ4v) is 3.24. The molecule has 0 amide bonds. The second-order valence-electron chi connectivity index (χ2n) is 4.97. The number of phenolic OH excluding ortho intramolecular Hbond substituents is 2. The number of aromatic hydroxyl groups is 2. The van der Waals surface area contributed by atoms with E-state index in [2.05, 4.69) is 0 Å². The van der Waals surface area contributed by atoms with Crippen molar-refractivity contribution in [1.29, 1.82) is 0 Å². The molecule has 0 aromatic heterocycles. The molecule has 6 nitrogen and oxygen atoms in total. The van der Waals surface area contributed by atoms with Gasteiger partial charge in [0.15, 0.2) is 11.5 Å². The highest BCUT2D eigenvalue weighted by Crippen LogP contribution is 2.52. The molecule has 0 bridgehead atoms. The van der Waals surface area contributed by atoms with E-state index < -0.39 is 19.3 Å². The number of rotatable bonds is 6. The van der Waals surface area contributed by atoms with Gasteiger partial charge in [0, 0.05) is 0 Å². The molecule has 0 aliphatic heterocycles. The molecular formula is C18H15O6P.